The summed E-state index contributed by atoms with van der Waals surface area (Å²) in [6.07, 6.45) is -0.459. The molecule has 0 radical (unpaired) electrons. The van der Waals surface area contributed by atoms with E-state index in [2.05, 4.69) is 5.32 Å². The molecule has 7 heteroatoms. The number of carboxylic acids is 1. The summed E-state index contributed by atoms with van der Waals surface area (Å²) in [4.78, 5) is 33.0. The number of amides is 2. The Balaban J connectivity index is 2.35. The van der Waals surface area contributed by atoms with Crippen LogP contribution in [0.5, 0.6) is 0 Å². The van der Waals surface area contributed by atoms with Crippen LogP contribution in [-0.4, -0.2) is 35.5 Å². The molecule has 0 saturated carbocycles. The van der Waals surface area contributed by atoms with Gasteiger partial charge in [0, 0.05) is 0 Å². The van der Waals surface area contributed by atoms with E-state index < -0.39 is 30.2 Å². The molecule has 0 unspecified atom stereocenters. The van der Waals surface area contributed by atoms with Gasteiger partial charge >= 0.3 is 5.97 Å². The van der Waals surface area contributed by atoms with Gasteiger partial charge in [0.2, 0.25) is 11.8 Å². The topological polar surface area (TPSA) is 119 Å². The van der Waals surface area contributed by atoms with Crippen LogP contribution in [0.25, 0.3) is 0 Å². The maximum absolute atomic E-state index is 11.5. The number of benzene rings is 1. The third-order valence-corrected chi connectivity index (χ3v) is 2.38. The number of rotatable bonds is 8. The van der Waals surface area contributed by atoms with E-state index in [0.717, 1.165) is 5.56 Å². The third-order valence-electron chi connectivity index (χ3n) is 2.38. The molecular formula is C13H16N2O5. The largest absolute Gasteiger partial charge is 0.480 e. The molecule has 2 amide bonds. The van der Waals surface area contributed by atoms with Gasteiger partial charge in [-0.3, -0.25) is 9.59 Å². The Kier molecular flexibility index (Phi) is 6.18. The minimum Gasteiger partial charge on any atom is -0.480 e. The Bertz CT molecular complexity index is 475. The number of carboxylic acid groups (broad SMARTS) is 1. The lowest BCUT2D eigenvalue weighted by Crippen LogP contribution is -2.44. The molecule has 0 saturated heterocycles. The second kappa shape index (κ2) is 7.90. The van der Waals surface area contributed by atoms with E-state index in [4.69, 9.17) is 15.6 Å². The highest BCUT2D eigenvalue weighted by Crippen LogP contribution is 2.00. The monoisotopic (exact) mass is 280 g/mol. The van der Waals surface area contributed by atoms with Crippen molar-refractivity contribution < 1.29 is 24.2 Å². The van der Waals surface area contributed by atoms with Crippen molar-refractivity contribution in [2.75, 3.05) is 6.61 Å². The van der Waals surface area contributed by atoms with E-state index in [9.17, 15) is 14.4 Å². The number of hydrogen-bond acceptors (Lipinski definition) is 4. The molecule has 20 heavy (non-hydrogen) atoms. The van der Waals surface area contributed by atoms with Crippen LogP contribution in [0, 0.1) is 0 Å². The van der Waals surface area contributed by atoms with Crippen LogP contribution in [0.2, 0.25) is 0 Å². The lowest BCUT2D eigenvalue weighted by Gasteiger charge is -2.12. The van der Waals surface area contributed by atoms with Crippen LogP contribution in [0.4, 0.5) is 0 Å². The Hall–Kier alpha value is -2.41. The van der Waals surface area contributed by atoms with Crippen molar-refractivity contribution in [3.05, 3.63) is 35.9 Å². The van der Waals surface area contributed by atoms with Gasteiger partial charge < -0.3 is 20.9 Å². The number of carbonyl (C=O) groups excluding carboxylic acids is 2. The third kappa shape index (κ3) is 5.96. The van der Waals surface area contributed by atoms with Gasteiger partial charge in [0.1, 0.15) is 12.6 Å². The van der Waals surface area contributed by atoms with Crippen molar-refractivity contribution in [1.82, 2.24) is 5.32 Å². The number of aliphatic carboxylic acids is 1. The second-order valence-electron chi connectivity index (χ2n) is 4.11. The summed E-state index contributed by atoms with van der Waals surface area (Å²) in [5.41, 5.74) is 5.79. The molecule has 0 aromatic heterocycles. The summed E-state index contributed by atoms with van der Waals surface area (Å²) in [5.74, 6) is -2.74. The number of nitrogens with two attached hydrogens (primary N) is 1. The van der Waals surface area contributed by atoms with Crippen LogP contribution in [0.3, 0.4) is 0 Å². The number of ether oxygens (including phenoxy) is 1. The second-order valence-corrected chi connectivity index (χ2v) is 4.11. The average Bonchev–Trinajstić information content (AvgIpc) is 2.38. The highest BCUT2D eigenvalue weighted by atomic mass is 16.5. The molecule has 108 valence electrons. The first kappa shape index (κ1) is 15.6. The molecule has 1 aromatic carbocycles. The maximum Gasteiger partial charge on any atom is 0.326 e. The summed E-state index contributed by atoms with van der Waals surface area (Å²) in [5, 5.41) is 11.0. The van der Waals surface area contributed by atoms with Gasteiger partial charge in [-0.25, -0.2) is 4.79 Å². The van der Waals surface area contributed by atoms with Gasteiger partial charge in [0.05, 0.1) is 13.0 Å². The van der Waals surface area contributed by atoms with Crippen molar-refractivity contribution in [2.45, 2.75) is 19.1 Å². The number of hydrogen-bond donors (Lipinski definition) is 3. The van der Waals surface area contributed by atoms with E-state index in [-0.39, 0.29) is 13.2 Å². The molecular weight excluding hydrogens is 264 g/mol. The first-order chi connectivity index (χ1) is 9.49. The Labute approximate surface area is 115 Å². The van der Waals surface area contributed by atoms with Crippen molar-refractivity contribution in [3.63, 3.8) is 0 Å². The highest BCUT2D eigenvalue weighted by molar-refractivity contribution is 5.88. The molecule has 0 spiro atoms. The fraction of sp³-hybridized carbons (Fsp3) is 0.308. The minimum atomic E-state index is -1.33. The zero-order valence-corrected chi connectivity index (χ0v) is 10.7. The molecule has 4 N–H and O–H groups in total. The van der Waals surface area contributed by atoms with Gasteiger partial charge in [-0.05, 0) is 5.56 Å². The summed E-state index contributed by atoms with van der Waals surface area (Å²) in [6.45, 7) is -0.0563. The first-order valence-electron chi connectivity index (χ1n) is 5.91. The fourth-order valence-corrected chi connectivity index (χ4v) is 1.47. The van der Waals surface area contributed by atoms with Gasteiger partial charge in [-0.15, -0.1) is 0 Å². The predicted molar refractivity (Wildman–Crippen MR) is 69.5 cm³/mol. The van der Waals surface area contributed by atoms with E-state index in [1.165, 1.54) is 0 Å². The highest BCUT2D eigenvalue weighted by Gasteiger charge is 2.21. The molecule has 0 bridgehead atoms. The van der Waals surface area contributed by atoms with Crippen molar-refractivity contribution >= 4 is 17.8 Å². The molecule has 1 atom stereocenters. The molecule has 0 fully saturated rings. The average molecular weight is 280 g/mol. The van der Waals surface area contributed by atoms with Gasteiger partial charge in [-0.2, -0.15) is 0 Å². The summed E-state index contributed by atoms with van der Waals surface area (Å²) >= 11 is 0. The number of carbonyl (C=O) groups is 3. The zero-order valence-electron chi connectivity index (χ0n) is 10.7. The van der Waals surface area contributed by atoms with Crippen LogP contribution in [0.1, 0.15) is 12.0 Å². The number of primary amides is 1. The van der Waals surface area contributed by atoms with Crippen molar-refractivity contribution in [2.24, 2.45) is 5.73 Å². The lowest BCUT2D eigenvalue weighted by molar-refractivity contribution is -0.144. The normalized spacial score (nSPS) is 11.6. The molecule has 1 aromatic rings. The standard InChI is InChI=1S/C13H16N2O5/c14-11(16)6-10(13(18)19)15-12(17)8-20-7-9-4-2-1-3-5-9/h1-5,10H,6-8H2,(H2,14,16)(H,15,17)(H,18,19)/t10-/m0/s1. The number of nitrogens with one attached hydrogen (secondary N) is 1. The van der Waals surface area contributed by atoms with E-state index in [1.54, 1.807) is 0 Å². The van der Waals surface area contributed by atoms with Crippen LogP contribution < -0.4 is 11.1 Å². The molecule has 0 aliphatic rings. The van der Waals surface area contributed by atoms with E-state index in [0.29, 0.717) is 0 Å². The Morgan fingerprint density at radius 2 is 1.90 bits per heavy atom. The maximum atomic E-state index is 11.5. The van der Waals surface area contributed by atoms with Crippen LogP contribution in [-0.2, 0) is 25.7 Å². The van der Waals surface area contributed by atoms with E-state index in [1.807, 2.05) is 30.3 Å². The smallest absolute Gasteiger partial charge is 0.326 e. The van der Waals surface area contributed by atoms with Gasteiger partial charge in [0.25, 0.3) is 0 Å². The van der Waals surface area contributed by atoms with Crippen LogP contribution in [0.15, 0.2) is 30.3 Å². The minimum absolute atomic E-state index is 0.238. The van der Waals surface area contributed by atoms with Crippen LogP contribution >= 0.6 is 0 Å². The quantitative estimate of drug-likeness (QED) is 0.601. The van der Waals surface area contributed by atoms with Gasteiger partial charge in [-0.1, -0.05) is 30.3 Å². The van der Waals surface area contributed by atoms with Crippen molar-refractivity contribution in [3.8, 4) is 0 Å². The van der Waals surface area contributed by atoms with Gasteiger partial charge in [0.15, 0.2) is 0 Å². The fourth-order valence-electron chi connectivity index (χ4n) is 1.47. The molecule has 7 nitrogen and oxygen atoms in total. The first-order valence-corrected chi connectivity index (χ1v) is 5.91. The Morgan fingerprint density at radius 1 is 1.25 bits per heavy atom. The molecule has 1 rings (SSSR count). The predicted octanol–water partition coefficient (Wildman–Crippen LogP) is -0.352. The van der Waals surface area contributed by atoms with Crippen molar-refractivity contribution in [1.29, 1.82) is 0 Å². The SMILES string of the molecule is NC(=O)C[C@H](NC(=O)COCc1ccccc1)C(=O)O. The molecule has 0 aliphatic carbocycles. The summed E-state index contributed by atoms with van der Waals surface area (Å²) < 4.78 is 5.15. The Morgan fingerprint density at radius 3 is 2.45 bits per heavy atom. The summed E-state index contributed by atoms with van der Waals surface area (Å²) in [6, 6.07) is 7.88. The lowest BCUT2D eigenvalue weighted by atomic mass is 10.2. The van der Waals surface area contributed by atoms with E-state index >= 15 is 0 Å². The molecule has 0 heterocycles. The zero-order chi connectivity index (χ0) is 15.0. The molecule has 0 aliphatic heterocycles. The summed E-state index contributed by atoms with van der Waals surface area (Å²) in [7, 11) is 0.